The molecule has 1 aromatic heterocycles. The highest BCUT2D eigenvalue weighted by atomic mass is 16.5. The molecule has 0 aliphatic heterocycles. The Morgan fingerprint density at radius 2 is 2.31 bits per heavy atom. The first-order valence-electron chi connectivity index (χ1n) is 5.57. The zero-order chi connectivity index (χ0) is 11.6. The van der Waals surface area contributed by atoms with Crippen molar-refractivity contribution in [3.63, 3.8) is 0 Å². The molecule has 0 fully saturated rings. The van der Waals surface area contributed by atoms with Gasteiger partial charge in [0, 0.05) is 7.11 Å². The summed E-state index contributed by atoms with van der Waals surface area (Å²) in [5.41, 5.74) is 0. The van der Waals surface area contributed by atoms with Crippen LogP contribution in [-0.4, -0.2) is 31.9 Å². The van der Waals surface area contributed by atoms with E-state index in [1.165, 1.54) is 0 Å². The molecule has 0 aromatic carbocycles. The van der Waals surface area contributed by atoms with E-state index in [1.54, 1.807) is 13.3 Å². The number of oxazole rings is 1. The standard InChI is InChI=1S/C11H20N2O3/c1-3-4-12-8-11-13-7-10(16-11)9-15-6-5-14-2/h7,12H,3-6,8-9H2,1-2H3. The maximum atomic E-state index is 5.47. The number of nitrogens with one attached hydrogen (secondary N) is 1. The maximum absolute atomic E-state index is 5.47. The second-order valence-corrected chi connectivity index (χ2v) is 3.44. The van der Waals surface area contributed by atoms with Gasteiger partial charge in [-0.3, -0.25) is 0 Å². The van der Waals surface area contributed by atoms with E-state index in [-0.39, 0.29) is 0 Å². The Bertz CT molecular complexity index is 276. The van der Waals surface area contributed by atoms with Crippen molar-refractivity contribution in [3.8, 4) is 0 Å². The molecule has 1 heterocycles. The van der Waals surface area contributed by atoms with Crippen molar-refractivity contribution in [2.75, 3.05) is 26.9 Å². The quantitative estimate of drug-likeness (QED) is 0.646. The summed E-state index contributed by atoms with van der Waals surface area (Å²) in [5.74, 6) is 1.46. The van der Waals surface area contributed by atoms with Gasteiger partial charge in [0.2, 0.25) is 5.89 Å². The summed E-state index contributed by atoms with van der Waals surface area (Å²) in [7, 11) is 1.65. The van der Waals surface area contributed by atoms with Crippen LogP contribution in [0.15, 0.2) is 10.6 Å². The average molecular weight is 228 g/mol. The summed E-state index contributed by atoms with van der Waals surface area (Å²) >= 11 is 0. The molecule has 0 amide bonds. The van der Waals surface area contributed by atoms with Crippen LogP contribution >= 0.6 is 0 Å². The van der Waals surface area contributed by atoms with E-state index in [2.05, 4.69) is 17.2 Å². The van der Waals surface area contributed by atoms with E-state index >= 15 is 0 Å². The first-order valence-corrected chi connectivity index (χ1v) is 5.57. The van der Waals surface area contributed by atoms with Crippen LogP contribution in [0, 0.1) is 0 Å². The zero-order valence-electron chi connectivity index (χ0n) is 9.99. The number of rotatable bonds is 9. The van der Waals surface area contributed by atoms with Crippen molar-refractivity contribution >= 4 is 0 Å². The number of ether oxygens (including phenoxy) is 2. The molecule has 0 bridgehead atoms. The van der Waals surface area contributed by atoms with Gasteiger partial charge >= 0.3 is 0 Å². The van der Waals surface area contributed by atoms with Crippen LogP contribution in [0.1, 0.15) is 25.0 Å². The Hall–Kier alpha value is -0.910. The average Bonchev–Trinajstić information content (AvgIpc) is 2.73. The van der Waals surface area contributed by atoms with E-state index in [9.17, 15) is 0 Å². The summed E-state index contributed by atoms with van der Waals surface area (Å²) in [6, 6.07) is 0. The van der Waals surface area contributed by atoms with Gasteiger partial charge in [0.25, 0.3) is 0 Å². The summed E-state index contributed by atoms with van der Waals surface area (Å²) < 4.78 is 15.7. The third kappa shape index (κ3) is 5.25. The van der Waals surface area contributed by atoms with Gasteiger partial charge in [-0.05, 0) is 13.0 Å². The number of hydrogen-bond acceptors (Lipinski definition) is 5. The van der Waals surface area contributed by atoms with Gasteiger partial charge in [0.15, 0.2) is 0 Å². The molecule has 92 valence electrons. The van der Waals surface area contributed by atoms with Crippen molar-refractivity contribution in [3.05, 3.63) is 17.8 Å². The molecule has 0 saturated carbocycles. The Morgan fingerprint density at radius 1 is 1.44 bits per heavy atom. The van der Waals surface area contributed by atoms with Crippen molar-refractivity contribution in [1.82, 2.24) is 10.3 Å². The minimum atomic E-state index is 0.449. The highest BCUT2D eigenvalue weighted by Crippen LogP contribution is 2.04. The number of aromatic nitrogens is 1. The van der Waals surface area contributed by atoms with Gasteiger partial charge in [0.1, 0.15) is 12.4 Å². The minimum Gasteiger partial charge on any atom is -0.442 e. The van der Waals surface area contributed by atoms with Crippen molar-refractivity contribution in [2.24, 2.45) is 0 Å². The molecule has 5 nitrogen and oxygen atoms in total. The lowest BCUT2D eigenvalue weighted by Crippen LogP contribution is -2.13. The lowest BCUT2D eigenvalue weighted by molar-refractivity contribution is 0.0533. The van der Waals surface area contributed by atoms with Crippen LogP contribution < -0.4 is 5.32 Å². The number of nitrogens with zero attached hydrogens (tertiary/aromatic N) is 1. The van der Waals surface area contributed by atoms with E-state index in [0.717, 1.165) is 18.7 Å². The molecule has 0 unspecified atom stereocenters. The number of hydrogen-bond donors (Lipinski definition) is 1. The fraction of sp³-hybridized carbons (Fsp3) is 0.727. The fourth-order valence-electron chi connectivity index (χ4n) is 1.18. The van der Waals surface area contributed by atoms with Gasteiger partial charge in [0.05, 0.1) is 26.0 Å². The molecule has 0 radical (unpaired) electrons. The van der Waals surface area contributed by atoms with E-state index in [1.807, 2.05) is 0 Å². The molecule has 0 spiro atoms. The van der Waals surface area contributed by atoms with Crippen LogP contribution in [0.25, 0.3) is 0 Å². The topological polar surface area (TPSA) is 56.5 Å². The van der Waals surface area contributed by atoms with Gasteiger partial charge in [-0.2, -0.15) is 0 Å². The van der Waals surface area contributed by atoms with E-state index in [4.69, 9.17) is 13.9 Å². The number of methoxy groups -OCH3 is 1. The zero-order valence-corrected chi connectivity index (χ0v) is 9.99. The van der Waals surface area contributed by atoms with Gasteiger partial charge in [-0.25, -0.2) is 4.98 Å². The normalized spacial score (nSPS) is 10.9. The highest BCUT2D eigenvalue weighted by Gasteiger charge is 2.03. The maximum Gasteiger partial charge on any atom is 0.208 e. The second kappa shape index (κ2) is 8.27. The molecule has 0 aliphatic carbocycles. The monoisotopic (exact) mass is 228 g/mol. The molecule has 16 heavy (non-hydrogen) atoms. The van der Waals surface area contributed by atoms with Crippen molar-refractivity contribution in [1.29, 1.82) is 0 Å². The molecule has 1 N–H and O–H groups in total. The van der Waals surface area contributed by atoms with Gasteiger partial charge < -0.3 is 19.2 Å². The molecule has 5 heteroatoms. The SMILES string of the molecule is CCCNCc1ncc(COCCOC)o1. The summed E-state index contributed by atoms with van der Waals surface area (Å²) in [6.45, 7) is 5.38. The predicted molar refractivity (Wildman–Crippen MR) is 60.0 cm³/mol. The summed E-state index contributed by atoms with van der Waals surface area (Å²) in [5, 5.41) is 3.22. The fourth-order valence-corrected chi connectivity index (χ4v) is 1.18. The van der Waals surface area contributed by atoms with Crippen LogP contribution in [-0.2, 0) is 22.6 Å². The van der Waals surface area contributed by atoms with Crippen molar-refractivity contribution < 1.29 is 13.9 Å². The van der Waals surface area contributed by atoms with Crippen LogP contribution in [0.4, 0.5) is 0 Å². The first-order chi connectivity index (χ1) is 7.86. The van der Waals surface area contributed by atoms with Crippen molar-refractivity contribution in [2.45, 2.75) is 26.5 Å². The predicted octanol–water partition coefficient (Wildman–Crippen LogP) is 1.34. The van der Waals surface area contributed by atoms with Gasteiger partial charge in [-0.1, -0.05) is 6.92 Å². The van der Waals surface area contributed by atoms with Crippen LogP contribution in [0.2, 0.25) is 0 Å². The summed E-state index contributed by atoms with van der Waals surface area (Å²) in [4.78, 5) is 4.15. The minimum absolute atomic E-state index is 0.449. The molecule has 0 atom stereocenters. The third-order valence-corrected chi connectivity index (χ3v) is 1.98. The molecular weight excluding hydrogens is 208 g/mol. The van der Waals surface area contributed by atoms with E-state index < -0.39 is 0 Å². The Balaban J connectivity index is 2.17. The van der Waals surface area contributed by atoms with Gasteiger partial charge in [-0.15, -0.1) is 0 Å². The molecule has 0 aliphatic rings. The first kappa shape index (κ1) is 13.2. The van der Waals surface area contributed by atoms with Crippen LogP contribution in [0.5, 0.6) is 0 Å². The Morgan fingerprint density at radius 3 is 3.06 bits per heavy atom. The highest BCUT2D eigenvalue weighted by molar-refractivity contribution is 4.92. The molecular formula is C11H20N2O3. The second-order valence-electron chi connectivity index (χ2n) is 3.44. The molecule has 0 saturated heterocycles. The summed E-state index contributed by atoms with van der Waals surface area (Å²) in [6.07, 6.45) is 2.81. The molecule has 1 aromatic rings. The lowest BCUT2D eigenvalue weighted by atomic mass is 10.5. The van der Waals surface area contributed by atoms with Crippen LogP contribution in [0.3, 0.4) is 0 Å². The molecule has 1 rings (SSSR count). The Kier molecular flexibility index (Phi) is 6.80. The lowest BCUT2D eigenvalue weighted by Gasteiger charge is -2.00. The third-order valence-electron chi connectivity index (χ3n) is 1.98. The smallest absolute Gasteiger partial charge is 0.208 e. The Labute approximate surface area is 96.1 Å². The van der Waals surface area contributed by atoms with E-state index in [0.29, 0.717) is 32.3 Å². The largest absolute Gasteiger partial charge is 0.442 e.